The van der Waals surface area contributed by atoms with Gasteiger partial charge in [-0.1, -0.05) is 55.5 Å². The number of aldehydes is 1. The molecule has 148 valence electrons. The zero-order chi connectivity index (χ0) is 20.9. The van der Waals surface area contributed by atoms with Crippen LogP contribution >= 0.6 is 0 Å². The molecular weight excluding hydrogens is 366 g/mol. The van der Waals surface area contributed by atoms with Crippen molar-refractivity contribution < 1.29 is 4.79 Å². The third kappa shape index (κ3) is 4.04. The van der Waals surface area contributed by atoms with Gasteiger partial charge in [-0.25, -0.2) is 0 Å². The molecule has 4 aromatic rings. The highest BCUT2D eigenvalue weighted by Crippen LogP contribution is 2.37. The minimum Gasteiger partial charge on any atom is -0.310 e. The Bertz CT molecular complexity index is 1200. The van der Waals surface area contributed by atoms with E-state index in [2.05, 4.69) is 91.6 Å². The zero-order valence-corrected chi connectivity index (χ0v) is 17.4. The van der Waals surface area contributed by atoms with Gasteiger partial charge in [-0.15, -0.1) is 0 Å². The first kappa shape index (κ1) is 19.7. The van der Waals surface area contributed by atoms with Gasteiger partial charge >= 0.3 is 0 Å². The molecular formula is C28H25NO. The molecule has 0 fully saturated rings. The van der Waals surface area contributed by atoms with Crippen LogP contribution in [-0.4, -0.2) is 6.29 Å². The van der Waals surface area contributed by atoms with E-state index in [1.54, 1.807) is 0 Å². The topological polar surface area (TPSA) is 20.3 Å². The van der Waals surface area contributed by atoms with Crippen LogP contribution in [0.3, 0.4) is 0 Å². The molecule has 0 aliphatic heterocycles. The summed E-state index contributed by atoms with van der Waals surface area (Å²) < 4.78 is 0. The zero-order valence-electron chi connectivity index (χ0n) is 17.4. The molecule has 0 atom stereocenters. The Morgan fingerprint density at radius 3 is 2.17 bits per heavy atom. The quantitative estimate of drug-likeness (QED) is 0.312. The van der Waals surface area contributed by atoms with E-state index in [1.807, 2.05) is 24.3 Å². The van der Waals surface area contributed by atoms with Crippen molar-refractivity contribution in [2.75, 3.05) is 4.90 Å². The van der Waals surface area contributed by atoms with Gasteiger partial charge in [0.05, 0.1) is 0 Å². The van der Waals surface area contributed by atoms with Crippen molar-refractivity contribution in [1.29, 1.82) is 0 Å². The van der Waals surface area contributed by atoms with Crippen LogP contribution in [0.25, 0.3) is 16.8 Å². The molecule has 0 spiro atoms. The molecule has 30 heavy (non-hydrogen) atoms. The van der Waals surface area contributed by atoms with Crippen molar-refractivity contribution in [1.82, 2.24) is 0 Å². The summed E-state index contributed by atoms with van der Waals surface area (Å²) in [7, 11) is 0. The summed E-state index contributed by atoms with van der Waals surface area (Å²) in [6, 6.07) is 29.2. The SMILES string of the molecule is CC/C=C\c1cc(N(c2ccc(C=O)cc2)c2ccc3ccccc3c2)ccc1C. The lowest BCUT2D eigenvalue weighted by atomic mass is 10.0. The van der Waals surface area contributed by atoms with Crippen LogP contribution < -0.4 is 4.90 Å². The molecule has 0 amide bonds. The third-order valence-electron chi connectivity index (χ3n) is 5.33. The highest BCUT2D eigenvalue weighted by molar-refractivity contribution is 5.89. The number of carbonyl (C=O) groups is 1. The van der Waals surface area contributed by atoms with Crippen LogP contribution in [0.15, 0.2) is 91.0 Å². The normalized spacial score (nSPS) is 11.1. The maximum absolute atomic E-state index is 11.1. The van der Waals surface area contributed by atoms with Crippen LogP contribution in [0.1, 0.15) is 34.8 Å². The molecule has 0 radical (unpaired) electrons. The van der Waals surface area contributed by atoms with Crippen molar-refractivity contribution in [3.63, 3.8) is 0 Å². The van der Waals surface area contributed by atoms with E-state index < -0.39 is 0 Å². The number of benzene rings is 4. The molecule has 4 aromatic carbocycles. The Balaban J connectivity index is 1.88. The largest absolute Gasteiger partial charge is 0.310 e. The fourth-order valence-corrected chi connectivity index (χ4v) is 3.66. The number of carbonyl (C=O) groups excluding carboxylic acids is 1. The van der Waals surface area contributed by atoms with E-state index in [-0.39, 0.29) is 0 Å². The van der Waals surface area contributed by atoms with E-state index in [9.17, 15) is 4.79 Å². The molecule has 4 rings (SSSR count). The number of aryl methyl sites for hydroxylation is 1. The first-order chi connectivity index (χ1) is 14.7. The standard InChI is InChI=1S/C28H25NO/c1-3-4-7-24-18-27(14-10-21(24)2)29(26-15-11-22(20-30)12-16-26)28-17-13-23-8-5-6-9-25(23)19-28/h4-20H,3H2,1-2H3/b7-4-. The molecule has 0 unspecified atom stereocenters. The summed E-state index contributed by atoms with van der Waals surface area (Å²) in [5.74, 6) is 0. The second-order valence-corrected chi connectivity index (χ2v) is 7.43. The van der Waals surface area contributed by atoms with Crippen LogP contribution in [0.4, 0.5) is 17.1 Å². The average Bonchev–Trinajstić information content (AvgIpc) is 2.80. The molecule has 2 heteroatoms. The molecule has 0 saturated carbocycles. The number of anilines is 3. The molecule has 0 aromatic heterocycles. The molecule has 0 N–H and O–H groups in total. The van der Waals surface area contributed by atoms with Crippen LogP contribution in [0.2, 0.25) is 0 Å². The van der Waals surface area contributed by atoms with Gasteiger partial charge in [0.15, 0.2) is 0 Å². The van der Waals surface area contributed by atoms with E-state index in [1.165, 1.54) is 21.9 Å². The molecule has 0 bridgehead atoms. The number of hydrogen-bond donors (Lipinski definition) is 0. The number of allylic oxidation sites excluding steroid dienone is 1. The highest BCUT2D eigenvalue weighted by Gasteiger charge is 2.14. The van der Waals surface area contributed by atoms with Crippen molar-refractivity contribution in [2.24, 2.45) is 0 Å². The van der Waals surface area contributed by atoms with Crippen LogP contribution in [0, 0.1) is 6.92 Å². The Hall–Kier alpha value is -3.65. The Labute approximate surface area is 178 Å². The minimum absolute atomic E-state index is 0.674. The summed E-state index contributed by atoms with van der Waals surface area (Å²) in [5, 5.41) is 2.41. The van der Waals surface area contributed by atoms with E-state index in [0.717, 1.165) is 29.8 Å². The fourth-order valence-electron chi connectivity index (χ4n) is 3.66. The van der Waals surface area contributed by atoms with Gasteiger partial charge < -0.3 is 4.90 Å². The number of hydrogen-bond acceptors (Lipinski definition) is 2. The summed E-state index contributed by atoms with van der Waals surface area (Å²) in [5.41, 5.74) is 6.33. The van der Waals surface area contributed by atoms with Gasteiger partial charge in [0.2, 0.25) is 0 Å². The molecule has 0 heterocycles. The minimum atomic E-state index is 0.674. The van der Waals surface area contributed by atoms with Gasteiger partial charge in [-0.05, 0) is 83.8 Å². The third-order valence-corrected chi connectivity index (χ3v) is 5.33. The lowest BCUT2D eigenvalue weighted by Crippen LogP contribution is -2.10. The highest BCUT2D eigenvalue weighted by atomic mass is 16.1. The van der Waals surface area contributed by atoms with E-state index >= 15 is 0 Å². The first-order valence-electron chi connectivity index (χ1n) is 10.3. The second kappa shape index (κ2) is 8.79. The van der Waals surface area contributed by atoms with Crippen molar-refractivity contribution >= 4 is 40.2 Å². The maximum Gasteiger partial charge on any atom is 0.150 e. The first-order valence-corrected chi connectivity index (χ1v) is 10.3. The summed E-state index contributed by atoms with van der Waals surface area (Å²) in [6.07, 6.45) is 6.26. The molecule has 0 aliphatic rings. The van der Waals surface area contributed by atoms with Gasteiger partial charge in [0.1, 0.15) is 6.29 Å². The van der Waals surface area contributed by atoms with E-state index in [4.69, 9.17) is 0 Å². The van der Waals surface area contributed by atoms with E-state index in [0.29, 0.717) is 5.56 Å². The van der Waals surface area contributed by atoms with Crippen LogP contribution in [0.5, 0.6) is 0 Å². The van der Waals surface area contributed by atoms with Gasteiger partial charge in [0.25, 0.3) is 0 Å². The van der Waals surface area contributed by atoms with Gasteiger partial charge in [-0.2, -0.15) is 0 Å². The van der Waals surface area contributed by atoms with Crippen molar-refractivity contribution in [3.8, 4) is 0 Å². The Morgan fingerprint density at radius 1 is 0.767 bits per heavy atom. The average molecular weight is 392 g/mol. The number of rotatable bonds is 6. The lowest BCUT2D eigenvalue weighted by Gasteiger charge is -2.26. The maximum atomic E-state index is 11.1. The Morgan fingerprint density at radius 2 is 1.43 bits per heavy atom. The van der Waals surface area contributed by atoms with Crippen molar-refractivity contribution in [2.45, 2.75) is 20.3 Å². The Kier molecular flexibility index (Phi) is 5.76. The predicted octanol–water partition coefficient (Wildman–Crippen LogP) is 7.85. The van der Waals surface area contributed by atoms with Crippen LogP contribution in [-0.2, 0) is 0 Å². The second-order valence-electron chi connectivity index (χ2n) is 7.43. The smallest absolute Gasteiger partial charge is 0.150 e. The molecule has 0 saturated heterocycles. The summed E-state index contributed by atoms with van der Waals surface area (Å²) in [4.78, 5) is 13.4. The monoisotopic (exact) mass is 391 g/mol. The van der Waals surface area contributed by atoms with Crippen molar-refractivity contribution in [3.05, 3.63) is 108 Å². The fraction of sp³-hybridized carbons (Fsp3) is 0.107. The number of nitrogens with zero attached hydrogens (tertiary/aromatic N) is 1. The van der Waals surface area contributed by atoms with Gasteiger partial charge in [-0.3, -0.25) is 4.79 Å². The summed E-state index contributed by atoms with van der Waals surface area (Å²) in [6.45, 7) is 4.28. The summed E-state index contributed by atoms with van der Waals surface area (Å²) >= 11 is 0. The molecule has 2 nitrogen and oxygen atoms in total. The van der Waals surface area contributed by atoms with Gasteiger partial charge in [0, 0.05) is 22.6 Å². The molecule has 0 aliphatic carbocycles. The number of fused-ring (bicyclic) bond motifs is 1. The predicted molar refractivity (Wildman–Crippen MR) is 128 cm³/mol. The lowest BCUT2D eigenvalue weighted by molar-refractivity contribution is 0.112.